The number of methoxy groups -OCH3 is 1. The van der Waals surface area contributed by atoms with E-state index in [1.807, 2.05) is 18.2 Å². The van der Waals surface area contributed by atoms with Crippen LogP contribution < -0.4 is 15.0 Å². The van der Waals surface area contributed by atoms with Gasteiger partial charge in [-0.25, -0.2) is 4.98 Å². The van der Waals surface area contributed by atoms with Gasteiger partial charge >= 0.3 is 0 Å². The molecule has 1 fully saturated rings. The predicted molar refractivity (Wildman–Crippen MR) is 130 cm³/mol. The minimum atomic E-state index is -0.417. The number of fused-ring (bicyclic) bond motifs is 2. The molecule has 0 spiro atoms. The van der Waals surface area contributed by atoms with Crippen molar-refractivity contribution in [2.45, 2.75) is 0 Å². The van der Waals surface area contributed by atoms with Crippen LogP contribution in [-0.4, -0.2) is 85.4 Å². The molecule has 0 aliphatic carbocycles. The number of aromatic nitrogens is 1. The summed E-state index contributed by atoms with van der Waals surface area (Å²) in [5.41, 5.74) is 1.68. The molecule has 0 unspecified atom stereocenters. The van der Waals surface area contributed by atoms with E-state index in [-0.39, 0.29) is 12.5 Å². The molecule has 176 valence electrons. The first kappa shape index (κ1) is 22.3. The molecular weight excluding hydrogens is 454 g/mol. The monoisotopic (exact) mass is 479 g/mol. The number of carbonyl (C=O) groups excluding carboxylic acids is 3. The molecule has 2 aliphatic heterocycles. The lowest BCUT2D eigenvalue weighted by Gasteiger charge is -2.34. The summed E-state index contributed by atoms with van der Waals surface area (Å²) in [4.78, 5) is 47.5. The first-order chi connectivity index (χ1) is 16.5. The molecule has 2 aromatic carbocycles. The van der Waals surface area contributed by atoms with Crippen molar-refractivity contribution in [3.8, 4) is 5.75 Å². The van der Waals surface area contributed by atoms with Gasteiger partial charge in [0.15, 0.2) is 5.13 Å². The van der Waals surface area contributed by atoms with E-state index in [1.54, 1.807) is 42.7 Å². The molecular formula is C24H25N5O4S. The maximum atomic E-state index is 12.4. The Labute approximate surface area is 200 Å². The predicted octanol–water partition coefficient (Wildman–Crippen LogP) is 1.84. The molecule has 2 aliphatic rings. The van der Waals surface area contributed by atoms with Gasteiger partial charge in [-0.1, -0.05) is 23.5 Å². The Kier molecular flexibility index (Phi) is 6.16. The van der Waals surface area contributed by atoms with Crippen molar-refractivity contribution in [1.29, 1.82) is 0 Å². The zero-order valence-corrected chi connectivity index (χ0v) is 19.6. The van der Waals surface area contributed by atoms with Gasteiger partial charge in [-0.15, -0.1) is 0 Å². The van der Waals surface area contributed by atoms with E-state index >= 15 is 0 Å². The molecule has 9 nitrogen and oxygen atoms in total. The lowest BCUT2D eigenvalue weighted by molar-refractivity contribution is -0.121. The van der Waals surface area contributed by atoms with Gasteiger partial charge in [-0.05, 0) is 30.3 Å². The van der Waals surface area contributed by atoms with Crippen LogP contribution in [0.2, 0.25) is 0 Å². The fourth-order valence-corrected chi connectivity index (χ4v) is 5.30. The molecule has 1 N–H and O–H groups in total. The number of rotatable bonds is 7. The Balaban J connectivity index is 1.07. The zero-order chi connectivity index (χ0) is 23.7. The average molecular weight is 480 g/mol. The summed E-state index contributed by atoms with van der Waals surface area (Å²) >= 11 is 1.67. The summed E-state index contributed by atoms with van der Waals surface area (Å²) < 4.78 is 6.41. The molecule has 1 aromatic heterocycles. The highest BCUT2D eigenvalue weighted by atomic mass is 32.1. The molecule has 3 amide bonds. The largest absolute Gasteiger partial charge is 0.497 e. The van der Waals surface area contributed by atoms with Crippen molar-refractivity contribution in [2.75, 3.05) is 57.8 Å². The van der Waals surface area contributed by atoms with Gasteiger partial charge in [0, 0.05) is 39.3 Å². The van der Waals surface area contributed by atoms with E-state index in [0.717, 1.165) is 52.2 Å². The maximum Gasteiger partial charge on any atom is 0.262 e. The van der Waals surface area contributed by atoms with Gasteiger partial charge in [-0.3, -0.25) is 24.2 Å². The summed E-state index contributed by atoms with van der Waals surface area (Å²) in [6.45, 7) is 4.37. The zero-order valence-electron chi connectivity index (χ0n) is 18.8. The van der Waals surface area contributed by atoms with E-state index in [9.17, 15) is 14.4 Å². The topological polar surface area (TPSA) is 95.1 Å². The molecule has 0 saturated carbocycles. The highest BCUT2D eigenvalue weighted by molar-refractivity contribution is 7.22. The van der Waals surface area contributed by atoms with Crippen LogP contribution in [0.5, 0.6) is 5.75 Å². The summed E-state index contributed by atoms with van der Waals surface area (Å²) in [5.74, 6) is -0.337. The highest BCUT2D eigenvalue weighted by Crippen LogP contribution is 2.31. The number of ether oxygens (including phenoxy) is 1. The summed E-state index contributed by atoms with van der Waals surface area (Å²) in [7, 11) is 1.66. The molecule has 5 rings (SSSR count). The Hall–Kier alpha value is -3.50. The number of anilines is 1. The number of carbonyl (C=O) groups is 3. The molecule has 0 bridgehead atoms. The lowest BCUT2D eigenvalue weighted by Crippen LogP contribution is -2.49. The number of hydrogen-bond donors (Lipinski definition) is 1. The third-order valence-electron chi connectivity index (χ3n) is 6.16. The number of hydrogen-bond acceptors (Lipinski definition) is 8. The highest BCUT2D eigenvalue weighted by Gasteiger charge is 2.36. The van der Waals surface area contributed by atoms with Crippen LogP contribution >= 0.6 is 11.3 Å². The fraction of sp³-hybridized carbons (Fsp3) is 0.333. The number of thiazole rings is 1. The van der Waals surface area contributed by atoms with Gasteiger partial charge < -0.3 is 15.0 Å². The van der Waals surface area contributed by atoms with Crippen LogP contribution in [-0.2, 0) is 4.79 Å². The SMILES string of the molecule is COc1ccc2nc(N3CCN(CCNC(=O)CN4C(=O)c5ccccc5C4=O)CC3)sc2c1. The van der Waals surface area contributed by atoms with E-state index < -0.39 is 11.8 Å². The second-order valence-electron chi connectivity index (χ2n) is 8.25. The van der Waals surface area contributed by atoms with Crippen LogP contribution in [0, 0.1) is 0 Å². The first-order valence-corrected chi connectivity index (χ1v) is 12.0. The summed E-state index contributed by atoms with van der Waals surface area (Å²) in [6, 6.07) is 12.6. The van der Waals surface area contributed by atoms with Gasteiger partial charge in [0.2, 0.25) is 5.91 Å². The Bertz CT molecular complexity index is 1220. The van der Waals surface area contributed by atoms with Crippen molar-refractivity contribution in [2.24, 2.45) is 0 Å². The van der Waals surface area contributed by atoms with Gasteiger partial charge in [0.25, 0.3) is 11.8 Å². The van der Waals surface area contributed by atoms with E-state index in [0.29, 0.717) is 24.2 Å². The molecule has 34 heavy (non-hydrogen) atoms. The second kappa shape index (κ2) is 9.40. The van der Waals surface area contributed by atoms with Crippen LogP contribution in [0.4, 0.5) is 5.13 Å². The number of piperazine rings is 1. The van der Waals surface area contributed by atoms with E-state index in [1.165, 1.54) is 0 Å². The Morgan fingerprint density at radius 1 is 1.06 bits per heavy atom. The normalized spacial score (nSPS) is 16.3. The summed E-state index contributed by atoms with van der Waals surface area (Å²) in [6.07, 6.45) is 0. The van der Waals surface area contributed by atoms with Crippen LogP contribution in [0.15, 0.2) is 42.5 Å². The first-order valence-electron chi connectivity index (χ1n) is 11.2. The van der Waals surface area contributed by atoms with Crippen LogP contribution in [0.25, 0.3) is 10.2 Å². The van der Waals surface area contributed by atoms with Gasteiger partial charge in [0.1, 0.15) is 12.3 Å². The standard InChI is InChI=1S/C24H25N5O4S/c1-33-16-6-7-19-20(14-16)34-24(26-19)28-12-10-27(11-13-28)9-8-25-21(30)15-29-22(31)17-4-2-3-5-18(17)23(29)32/h2-7,14H,8-13,15H2,1H3,(H,25,30). The smallest absolute Gasteiger partial charge is 0.262 e. The van der Waals surface area contributed by atoms with Crippen molar-refractivity contribution < 1.29 is 19.1 Å². The van der Waals surface area contributed by atoms with Crippen LogP contribution in [0.3, 0.4) is 0 Å². The Morgan fingerprint density at radius 3 is 2.44 bits per heavy atom. The maximum absolute atomic E-state index is 12.4. The van der Waals surface area contributed by atoms with Gasteiger partial charge in [-0.2, -0.15) is 0 Å². The number of nitrogens with zero attached hydrogens (tertiary/aromatic N) is 4. The molecule has 0 atom stereocenters. The number of nitrogens with one attached hydrogen (secondary N) is 1. The number of amides is 3. The minimum Gasteiger partial charge on any atom is -0.497 e. The number of imide groups is 1. The summed E-state index contributed by atoms with van der Waals surface area (Å²) in [5, 5.41) is 3.84. The molecule has 3 aromatic rings. The number of benzene rings is 2. The molecule has 10 heteroatoms. The van der Waals surface area contributed by atoms with Crippen molar-refractivity contribution in [3.05, 3.63) is 53.6 Å². The fourth-order valence-electron chi connectivity index (χ4n) is 4.25. The third kappa shape index (κ3) is 4.34. The average Bonchev–Trinajstić information content (AvgIpc) is 3.39. The third-order valence-corrected chi connectivity index (χ3v) is 7.24. The molecule has 0 radical (unpaired) electrons. The van der Waals surface area contributed by atoms with Crippen molar-refractivity contribution >= 4 is 44.4 Å². The molecule has 1 saturated heterocycles. The van der Waals surface area contributed by atoms with Gasteiger partial charge in [0.05, 0.1) is 28.5 Å². The van der Waals surface area contributed by atoms with Crippen molar-refractivity contribution in [3.63, 3.8) is 0 Å². The minimum absolute atomic E-state index is 0.261. The lowest BCUT2D eigenvalue weighted by atomic mass is 10.1. The quantitative estimate of drug-likeness (QED) is 0.517. The van der Waals surface area contributed by atoms with Crippen LogP contribution in [0.1, 0.15) is 20.7 Å². The van der Waals surface area contributed by atoms with Crippen molar-refractivity contribution in [1.82, 2.24) is 20.1 Å². The molecule has 3 heterocycles. The van der Waals surface area contributed by atoms with E-state index in [4.69, 9.17) is 9.72 Å². The Morgan fingerprint density at radius 2 is 1.76 bits per heavy atom. The second-order valence-corrected chi connectivity index (χ2v) is 9.26. The van der Waals surface area contributed by atoms with E-state index in [2.05, 4.69) is 15.1 Å².